The average molecular weight is 544 g/mol. The monoisotopic (exact) mass is 543 g/mol. The minimum atomic E-state index is -0.568. The molecule has 10 nitrogen and oxygen atoms in total. The molecule has 0 spiro atoms. The lowest BCUT2D eigenvalue weighted by Crippen LogP contribution is -2.39. The molecule has 2 amide bonds. The van der Waals surface area contributed by atoms with Gasteiger partial charge in [0.2, 0.25) is 5.91 Å². The number of rotatable bonds is 12. The molecule has 0 saturated carbocycles. The van der Waals surface area contributed by atoms with E-state index in [9.17, 15) is 14.4 Å². The molecule has 0 atom stereocenters. The van der Waals surface area contributed by atoms with E-state index in [-0.39, 0.29) is 18.1 Å². The van der Waals surface area contributed by atoms with Crippen molar-refractivity contribution in [3.63, 3.8) is 0 Å². The van der Waals surface area contributed by atoms with Crippen molar-refractivity contribution < 1.29 is 19.1 Å². The summed E-state index contributed by atoms with van der Waals surface area (Å²) in [5.74, 6) is 0.0253. The number of nitrogens with zero attached hydrogens (tertiary/aromatic N) is 3. The molecule has 0 aliphatic carbocycles. The summed E-state index contributed by atoms with van der Waals surface area (Å²) in [6.45, 7) is 4.00. The number of carbonyl (C=O) groups is 2. The second kappa shape index (κ2) is 13.3. The van der Waals surface area contributed by atoms with Gasteiger partial charge in [0.25, 0.3) is 11.5 Å². The van der Waals surface area contributed by atoms with Crippen molar-refractivity contribution in [3.05, 3.63) is 88.8 Å². The highest BCUT2D eigenvalue weighted by Crippen LogP contribution is 2.28. The largest absolute Gasteiger partial charge is 0.493 e. The van der Waals surface area contributed by atoms with Crippen molar-refractivity contribution in [1.29, 1.82) is 0 Å². The van der Waals surface area contributed by atoms with Crippen LogP contribution >= 0.6 is 0 Å². The zero-order chi connectivity index (χ0) is 28.5. The first kappa shape index (κ1) is 28.2. The highest BCUT2D eigenvalue weighted by atomic mass is 16.5. The van der Waals surface area contributed by atoms with E-state index in [1.807, 2.05) is 18.2 Å². The number of ether oxygens (including phenoxy) is 2. The second-order valence-corrected chi connectivity index (χ2v) is 8.95. The number of nitrogens with one attached hydrogen (secondary N) is 2. The number of hydrogen-bond acceptors (Lipinski definition) is 7. The fraction of sp³-hybridized carbons (Fsp3) is 0.267. The molecular formula is C30H33N5O5. The lowest BCUT2D eigenvalue weighted by atomic mass is 10.1. The SMILES string of the molecule is CCN(CCCNC(=O)CNC(=O)c1nn(-c2ccc(OC)c(OC)c2)c(=O)c2ccccc12)c1ccccc1. The summed E-state index contributed by atoms with van der Waals surface area (Å²) in [6.07, 6.45) is 0.755. The number of amides is 2. The Morgan fingerprint density at radius 2 is 1.60 bits per heavy atom. The number of hydrogen-bond donors (Lipinski definition) is 2. The summed E-state index contributed by atoms with van der Waals surface area (Å²) >= 11 is 0. The molecule has 0 aliphatic heterocycles. The summed E-state index contributed by atoms with van der Waals surface area (Å²) < 4.78 is 11.8. The smallest absolute Gasteiger partial charge is 0.279 e. The Balaban J connectivity index is 1.44. The molecular weight excluding hydrogens is 510 g/mol. The van der Waals surface area contributed by atoms with Crippen LogP contribution in [0.15, 0.2) is 77.6 Å². The first-order valence-electron chi connectivity index (χ1n) is 13.1. The van der Waals surface area contributed by atoms with Crippen molar-refractivity contribution in [2.75, 3.05) is 45.3 Å². The Morgan fingerprint density at radius 3 is 2.30 bits per heavy atom. The van der Waals surface area contributed by atoms with Gasteiger partial charge < -0.3 is 25.0 Å². The number of anilines is 1. The van der Waals surface area contributed by atoms with Gasteiger partial charge in [0.15, 0.2) is 17.2 Å². The van der Waals surface area contributed by atoms with Crippen molar-refractivity contribution >= 4 is 28.3 Å². The first-order chi connectivity index (χ1) is 19.5. The number of benzene rings is 3. The third-order valence-corrected chi connectivity index (χ3v) is 6.47. The molecule has 10 heteroatoms. The Hall–Kier alpha value is -4.86. The molecule has 0 saturated heterocycles. The quantitative estimate of drug-likeness (QED) is 0.264. The molecule has 0 unspecified atom stereocenters. The van der Waals surface area contributed by atoms with E-state index < -0.39 is 11.5 Å². The Bertz CT molecular complexity index is 1540. The normalized spacial score (nSPS) is 10.7. The van der Waals surface area contributed by atoms with E-state index in [1.165, 1.54) is 14.2 Å². The van der Waals surface area contributed by atoms with Crippen LogP contribution in [0.5, 0.6) is 11.5 Å². The highest BCUT2D eigenvalue weighted by molar-refractivity contribution is 6.05. The van der Waals surface area contributed by atoms with E-state index in [0.717, 1.165) is 29.9 Å². The maximum atomic E-state index is 13.3. The van der Waals surface area contributed by atoms with Crippen LogP contribution in [0.1, 0.15) is 23.8 Å². The number of methoxy groups -OCH3 is 2. The zero-order valence-electron chi connectivity index (χ0n) is 22.8. The van der Waals surface area contributed by atoms with Crippen LogP contribution in [-0.4, -0.2) is 62.0 Å². The van der Waals surface area contributed by atoms with Gasteiger partial charge >= 0.3 is 0 Å². The minimum Gasteiger partial charge on any atom is -0.493 e. The Kier molecular flexibility index (Phi) is 9.35. The Labute approximate surface area is 232 Å². The van der Waals surface area contributed by atoms with E-state index in [1.54, 1.807) is 42.5 Å². The van der Waals surface area contributed by atoms with Gasteiger partial charge in [0.1, 0.15) is 0 Å². The molecule has 1 heterocycles. The second-order valence-electron chi connectivity index (χ2n) is 8.95. The summed E-state index contributed by atoms with van der Waals surface area (Å²) in [7, 11) is 3.01. The maximum Gasteiger partial charge on any atom is 0.279 e. The molecule has 0 radical (unpaired) electrons. The molecule has 4 rings (SSSR count). The van der Waals surface area contributed by atoms with E-state index in [4.69, 9.17) is 9.47 Å². The third kappa shape index (κ3) is 6.40. The van der Waals surface area contributed by atoms with Crippen molar-refractivity contribution in [2.24, 2.45) is 0 Å². The number of carbonyl (C=O) groups excluding carboxylic acids is 2. The lowest BCUT2D eigenvalue weighted by molar-refractivity contribution is -0.120. The zero-order valence-corrected chi connectivity index (χ0v) is 22.8. The standard InChI is InChI=1S/C30H33N5O5/c1-4-34(21-11-6-5-7-12-21)18-10-17-31-27(36)20-32-29(37)28-23-13-8-9-14-24(23)30(38)35(33-28)22-15-16-25(39-2)26(19-22)40-3/h5-9,11-16,19H,4,10,17-18,20H2,1-3H3,(H,31,36)(H,32,37). The van der Waals surface area contributed by atoms with Crippen molar-refractivity contribution in [3.8, 4) is 17.2 Å². The van der Waals surface area contributed by atoms with Gasteiger partial charge in [-0.3, -0.25) is 14.4 Å². The summed E-state index contributed by atoms with van der Waals surface area (Å²) in [5.41, 5.74) is 1.17. The number of aromatic nitrogens is 2. The van der Waals surface area contributed by atoms with Gasteiger partial charge in [-0.15, -0.1) is 0 Å². The molecule has 1 aromatic heterocycles. The topological polar surface area (TPSA) is 115 Å². The third-order valence-electron chi connectivity index (χ3n) is 6.47. The molecule has 40 heavy (non-hydrogen) atoms. The van der Waals surface area contributed by atoms with Gasteiger partial charge in [-0.1, -0.05) is 36.4 Å². The van der Waals surface area contributed by atoms with E-state index in [0.29, 0.717) is 34.5 Å². The van der Waals surface area contributed by atoms with Crippen LogP contribution in [0.4, 0.5) is 5.69 Å². The van der Waals surface area contributed by atoms with Gasteiger partial charge in [-0.2, -0.15) is 9.78 Å². The van der Waals surface area contributed by atoms with Crippen molar-refractivity contribution in [2.45, 2.75) is 13.3 Å². The van der Waals surface area contributed by atoms with Gasteiger partial charge in [-0.25, -0.2) is 0 Å². The summed E-state index contributed by atoms with van der Waals surface area (Å²) in [5, 5.41) is 10.6. The van der Waals surface area contributed by atoms with Crippen molar-refractivity contribution in [1.82, 2.24) is 20.4 Å². The highest BCUT2D eigenvalue weighted by Gasteiger charge is 2.19. The fourth-order valence-corrected chi connectivity index (χ4v) is 4.40. The van der Waals surface area contributed by atoms with Gasteiger partial charge in [0.05, 0.1) is 31.8 Å². The maximum absolute atomic E-state index is 13.3. The van der Waals surface area contributed by atoms with Crippen LogP contribution in [0.25, 0.3) is 16.5 Å². The number of para-hydroxylation sites is 1. The molecule has 3 aromatic carbocycles. The van der Waals surface area contributed by atoms with Gasteiger partial charge in [-0.05, 0) is 43.7 Å². The Morgan fingerprint density at radius 1 is 0.900 bits per heavy atom. The van der Waals surface area contributed by atoms with Crippen LogP contribution in [-0.2, 0) is 4.79 Å². The summed E-state index contributed by atoms with van der Waals surface area (Å²) in [6, 6.07) is 21.7. The average Bonchev–Trinajstić information content (AvgIpc) is 3.00. The van der Waals surface area contributed by atoms with Crippen LogP contribution in [0.3, 0.4) is 0 Å². The molecule has 0 aliphatic rings. The van der Waals surface area contributed by atoms with Gasteiger partial charge in [0, 0.05) is 36.8 Å². The fourth-order valence-electron chi connectivity index (χ4n) is 4.40. The summed E-state index contributed by atoms with van der Waals surface area (Å²) in [4.78, 5) is 41.1. The molecule has 4 aromatic rings. The van der Waals surface area contributed by atoms with E-state index >= 15 is 0 Å². The molecule has 208 valence electrons. The predicted octanol–water partition coefficient (Wildman–Crippen LogP) is 3.17. The molecule has 0 bridgehead atoms. The van der Waals surface area contributed by atoms with E-state index in [2.05, 4.69) is 39.7 Å². The van der Waals surface area contributed by atoms with Crippen LogP contribution in [0.2, 0.25) is 0 Å². The first-order valence-corrected chi connectivity index (χ1v) is 13.1. The minimum absolute atomic E-state index is 0.0271. The predicted molar refractivity (Wildman–Crippen MR) is 155 cm³/mol. The van der Waals surface area contributed by atoms with Crippen LogP contribution < -0.4 is 30.6 Å². The molecule has 0 fully saturated rings. The lowest BCUT2D eigenvalue weighted by Gasteiger charge is -2.23. The van der Waals surface area contributed by atoms with Crippen LogP contribution in [0, 0.1) is 0 Å². The number of fused-ring (bicyclic) bond motifs is 1. The molecule has 2 N–H and O–H groups in total.